The molecule has 0 radical (unpaired) electrons. The van der Waals surface area contributed by atoms with Gasteiger partial charge in [0.2, 0.25) is 0 Å². The van der Waals surface area contributed by atoms with Gasteiger partial charge in [0, 0.05) is 36.4 Å². The number of carbonyl (C=O) groups excluding carboxylic acids is 1. The normalized spacial score (nSPS) is 22.5. The molecule has 1 aliphatic rings. The van der Waals surface area contributed by atoms with E-state index in [0.717, 1.165) is 18.9 Å². The molecule has 1 aromatic heterocycles. The molecule has 1 saturated heterocycles. The first-order chi connectivity index (χ1) is 12.9. The van der Waals surface area contributed by atoms with Crippen LogP contribution in [0.2, 0.25) is 0 Å². The summed E-state index contributed by atoms with van der Waals surface area (Å²) in [6, 6.07) is 7.54. The van der Waals surface area contributed by atoms with Gasteiger partial charge in [0.15, 0.2) is 0 Å². The summed E-state index contributed by atoms with van der Waals surface area (Å²) in [7, 11) is 0. The Morgan fingerprint density at radius 3 is 2.70 bits per heavy atom. The van der Waals surface area contributed by atoms with Gasteiger partial charge in [-0.05, 0) is 43.4 Å². The van der Waals surface area contributed by atoms with Gasteiger partial charge < -0.3 is 9.30 Å². The van der Waals surface area contributed by atoms with Crippen LogP contribution in [0.4, 0.5) is 8.78 Å². The minimum atomic E-state index is -0.816. The smallest absolute Gasteiger partial charge is 0.135 e. The number of aromatic nitrogens is 1. The van der Waals surface area contributed by atoms with Crippen molar-refractivity contribution in [1.82, 2.24) is 4.57 Å². The highest BCUT2D eigenvalue weighted by molar-refractivity contribution is 5.80. The van der Waals surface area contributed by atoms with Crippen LogP contribution in [0.5, 0.6) is 0 Å². The number of Topliss-reactive ketones (excluding diaryl/α,β-unsaturated/α-hetero) is 1. The van der Waals surface area contributed by atoms with E-state index < -0.39 is 17.2 Å². The van der Waals surface area contributed by atoms with E-state index in [2.05, 4.69) is 0 Å². The average molecular weight is 375 g/mol. The van der Waals surface area contributed by atoms with Crippen molar-refractivity contribution in [2.24, 2.45) is 11.8 Å². The maximum atomic E-state index is 14.6. The number of nitrogens with zero attached hydrogens (tertiary/aromatic N) is 1. The first-order valence-corrected chi connectivity index (χ1v) is 9.62. The monoisotopic (exact) mass is 375 g/mol. The van der Waals surface area contributed by atoms with E-state index in [1.807, 2.05) is 42.9 Å². The molecule has 0 amide bonds. The molecule has 1 aliphatic heterocycles. The largest absolute Gasteiger partial charge is 0.368 e. The van der Waals surface area contributed by atoms with Crippen molar-refractivity contribution < 1.29 is 18.3 Å². The Morgan fingerprint density at radius 2 is 2.04 bits per heavy atom. The molecule has 3 rings (SSSR count). The fourth-order valence-corrected chi connectivity index (χ4v) is 3.91. The zero-order valence-corrected chi connectivity index (χ0v) is 16.0. The Balaban J connectivity index is 1.75. The van der Waals surface area contributed by atoms with Crippen LogP contribution in [0.1, 0.15) is 45.1 Å². The summed E-state index contributed by atoms with van der Waals surface area (Å²) in [4.78, 5) is 11.8. The van der Waals surface area contributed by atoms with Gasteiger partial charge >= 0.3 is 0 Å². The highest BCUT2D eigenvalue weighted by atomic mass is 19.1. The van der Waals surface area contributed by atoms with E-state index in [1.54, 1.807) is 0 Å². The third-order valence-electron chi connectivity index (χ3n) is 5.42. The highest BCUT2D eigenvalue weighted by Crippen LogP contribution is 2.43. The summed E-state index contributed by atoms with van der Waals surface area (Å²) in [5.41, 5.74) is -0.415. The molecular weight excluding hydrogens is 348 g/mol. The summed E-state index contributed by atoms with van der Waals surface area (Å²) in [6.45, 7) is 4.83. The predicted molar refractivity (Wildman–Crippen MR) is 100 cm³/mol. The number of carbonyl (C=O) groups is 1. The van der Waals surface area contributed by atoms with Gasteiger partial charge in [0.25, 0.3) is 0 Å². The average Bonchev–Trinajstić information content (AvgIpc) is 3.25. The SMILES string of the molecule is CC(C)C(=O)CCC[C@H]1CO[C@@](Cn2cccc2)(c2ccc(F)cc2F)C1. The van der Waals surface area contributed by atoms with Crippen molar-refractivity contribution in [3.8, 4) is 0 Å². The summed E-state index contributed by atoms with van der Waals surface area (Å²) in [5, 5.41) is 0. The lowest BCUT2D eigenvalue weighted by Gasteiger charge is -2.30. The van der Waals surface area contributed by atoms with Crippen LogP contribution in [-0.2, 0) is 21.7 Å². The first-order valence-electron chi connectivity index (χ1n) is 9.62. The van der Waals surface area contributed by atoms with Gasteiger partial charge in [-0.15, -0.1) is 0 Å². The van der Waals surface area contributed by atoms with Crippen LogP contribution < -0.4 is 0 Å². The van der Waals surface area contributed by atoms with E-state index in [0.29, 0.717) is 31.6 Å². The molecule has 0 bridgehead atoms. The van der Waals surface area contributed by atoms with Gasteiger partial charge in [0.1, 0.15) is 23.0 Å². The number of benzene rings is 1. The molecule has 3 nitrogen and oxygen atoms in total. The fraction of sp³-hybridized carbons (Fsp3) is 0.500. The number of hydrogen-bond acceptors (Lipinski definition) is 2. The first kappa shape index (κ1) is 19.7. The van der Waals surface area contributed by atoms with Crippen LogP contribution in [0.15, 0.2) is 42.7 Å². The lowest BCUT2D eigenvalue weighted by atomic mass is 9.84. The topological polar surface area (TPSA) is 31.2 Å². The maximum absolute atomic E-state index is 14.6. The molecule has 2 aromatic rings. The molecular formula is C22H27F2NO2. The molecule has 146 valence electrons. The molecule has 0 N–H and O–H groups in total. The molecule has 5 heteroatoms. The molecule has 27 heavy (non-hydrogen) atoms. The summed E-state index contributed by atoms with van der Waals surface area (Å²) in [6.07, 6.45) is 6.75. The lowest BCUT2D eigenvalue weighted by molar-refractivity contribution is -0.122. The summed E-state index contributed by atoms with van der Waals surface area (Å²) in [5.74, 6) is -0.569. The lowest BCUT2D eigenvalue weighted by Crippen LogP contribution is -2.32. The van der Waals surface area contributed by atoms with Crippen LogP contribution in [0.25, 0.3) is 0 Å². The minimum Gasteiger partial charge on any atom is -0.368 e. The van der Waals surface area contributed by atoms with Crippen LogP contribution in [0.3, 0.4) is 0 Å². The molecule has 0 aliphatic carbocycles. The van der Waals surface area contributed by atoms with E-state index in [9.17, 15) is 13.6 Å². The van der Waals surface area contributed by atoms with E-state index >= 15 is 0 Å². The van der Waals surface area contributed by atoms with Crippen molar-refractivity contribution in [1.29, 1.82) is 0 Å². The zero-order chi connectivity index (χ0) is 19.4. The Kier molecular flexibility index (Phi) is 6.10. The van der Waals surface area contributed by atoms with Crippen molar-refractivity contribution in [2.45, 2.75) is 51.7 Å². The van der Waals surface area contributed by atoms with Crippen molar-refractivity contribution in [3.05, 3.63) is 59.9 Å². The van der Waals surface area contributed by atoms with Crippen molar-refractivity contribution in [2.75, 3.05) is 6.61 Å². The Hall–Kier alpha value is -2.01. The highest BCUT2D eigenvalue weighted by Gasteiger charge is 2.43. The molecule has 0 saturated carbocycles. The molecule has 2 heterocycles. The van der Waals surface area contributed by atoms with Gasteiger partial charge in [-0.1, -0.05) is 19.9 Å². The Morgan fingerprint density at radius 1 is 1.30 bits per heavy atom. The van der Waals surface area contributed by atoms with E-state index in [4.69, 9.17) is 4.74 Å². The van der Waals surface area contributed by atoms with Gasteiger partial charge in [0.05, 0.1) is 13.2 Å². The fourth-order valence-electron chi connectivity index (χ4n) is 3.91. The molecule has 2 atom stereocenters. The Bertz CT molecular complexity index is 773. The van der Waals surface area contributed by atoms with Gasteiger partial charge in [-0.3, -0.25) is 4.79 Å². The molecule has 1 fully saturated rings. The van der Waals surface area contributed by atoms with Crippen molar-refractivity contribution >= 4 is 5.78 Å². The maximum Gasteiger partial charge on any atom is 0.135 e. The number of halogens is 2. The standard InChI is InChI=1S/C22H27F2NO2/c1-16(2)21(26)7-5-6-17-13-22(27-14-17,15-25-10-3-4-11-25)19-9-8-18(23)12-20(19)24/h3-4,8-12,16-17H,5-7,13-15H2,1-2H3/t17-,22+/m1/s1. The summed E-state index contributed by atoms with van der Waals surface area (Å²) < 4.78 is 36.1. The third-order valence-corrected chi connectivity index (χ3v) is 5.42. The second-order valence-electron chi connectivity index (χ2n) is 7.87. The quantitative estimate of drug-likeness (QED) is 0.643. The predicted octanol–water partition coefficient (Wildman–Crippen LogP) is 5.09. The molecule has 0 unspecified atom stereocenters. The second kappa shape index (κ2) is 8.34. The third kappa shape index (κ3) is 4.64. The van der Waals surface area contributed by atoms with Gasteiger partial charge in [-0.25, -0.2) is 8.78 Å². The second-order valence-corrected chi connectivity index (χ2v) is 7.87. The minimum absolute atomic E-state index is 0.0611. The van der Waals surface area contributed by atoms with E-state index in [-0.39, 0.29) is 17.6 Å². The number of rotatable bonds is 8. The molecule has 0 spiro atoms. The van der Waals surface area contributed by atoms with Crippen molar-refractivity contribution in [3.63, 3.8) is 0 Å². The number of ketones is 1. The number of ether oxygens (including phenoxy) is 1. The van der Waals surface area contributed by atoms with Crippen LogP contribution in [0, 0.1) is 23.5 Å². The molecule has 1 aromatic carbocycles. The van der Waals surface area contributed by atoms with E-state index in [1.165, 1.54) is 12.1 Å². The Labute approximate surface area is 159 Å². The van der Waals surface area contributed by atoms with Crippen LogP contribution in [-0.4, -0.2) is 17.0 Å². The van der Waals surface area contributed by atoms with Crippen LogP contribution >= 0.6 is 0 Å². The summed E-state index contributed by atoms with van der Waals surface area (Å²) >= 11 is 0. The van der Waals surface area contributed by atoms with Gasteiger partial charge in [-0.2, -0.15) is 0 Å². The zero-order valence-electron chi connectivity index (χ0n) is 16.0. The number of hydrogen-bond donors (Lipinski definition) is 0.